The van der Waals surface area contributed by atoms with Gasteiger partial charge in [0, 0.05) is 31.1 Å². The molecule has 0 radical (unpaired) electrons. The number of hydrogen-bond acceptors (Lipinski definition) is 5. The van der Waals surface area contributed by atoms with Gasteiger partial charge in [0.15, 0.2) is 11.5 Å². The number of fused-ring (bicyclic) bond motifs is 2. The molecule has 0 saturated heterocycles. The summed E-state index contributed by atoms with van der Waals surface area (Å²) in [6.45, 7) is 1.69. The van der Waals surface area contributed by atoms with Crippen LogP contribution < -0.4 is 9.47 Å². The highest BCUT2D eigenvalue weighted by Gasteiger charge is 2.35. The lowest BCUT2D eigenvalue weighted by Gasteiger charge is -2.25. The van der Waals surface area contributed by atoms with E-state index in [-0.39, 0.29) is 4.90 Å². The highest BCUT2D eigenvalue weighted by atomic mass is 32.2. The quantitative estimate of drug-likeness (QED) is 0.885. The third-order valence-electron chi connectivity index (χ3n) is 5.32. The van der Waals surface area contributed by atoms with Crippen LogP contribution in [-0.2, 0) is 22.9 Å². The van der Waals surface area contributed by atoms with Crippen LogP contribution in [0.4, 0.5) is 0 Å². The third-order valence-corrected chi connectivity index (χ3v) is 7.24. The van der Waals surface area contributed by atoms with E-state index in [0.29, 0.717) is 56.6 Å². The molecular formula is C18H21N3O4S. The summed E-state index contributed by atoms with van der Waals surface area (Å²) in [6, 6.07) is 5.05. The Hall–Kier alpha value is -2.06. The largest absolute Gasteiger partial charge is 0.486 e. The van der Waals surface area contributed by atoms with Crippen molar-refractivity contribution in [3.05, 3.63) is 35.2 Å². The minimum atomic E-state index is -3.65. The van der Waals surface area contributed by atoms with Crippen LogP contribution in [0, 0.1) is 0 Å². The normalized spacial score (nSPS) is 20.5. The number of ether oxygens (including phenoxy) is 2. The van der Waals surface area contributed by atoms with Gasteiger partial charge < -0.3 is 9.47 Å². The van der Waals surface area contributed by atoms with Crippen LogP contribution in [0.3, 0.4) is 0 Å². The first-order valence-electron chi connectivity index (χ1n) is 9.09. The fraction of sp³-hybridized carbons (Fsp3) is 0.500. The topological polar surface area (TPSA) is 84.5 Å². The van der Waals surface area contributed by atoms with Crippen molar-refractivity contribution < 1.29 is 17.9 Å². The van der Waals surface area contributed by atoms with Gasteiger partial charge in [0.2, 0.25) is 10.0 Å². The molecule has 1 fully saturated rings. The fourth-order valence-electron chi connectivity index (χ4n) is 3.81. The van der Waals surface area contributed by atoms with E-state index in [9.17, 15) is 8.42 Å². The van der Waals surface area contributed by atoms with Gasteiger partial charge in [0.1, 0.15) is 18.1 Å². The number of para-hydroxylation sites is 1. The van der Waals surface area contributed by atoms with E-state index in [1.807, 2.05) is 0 Å². The minimum absolute atomic E-state index is 0.195. The molecule has 1 N–H and O–H groups in total. The van der Waals surface area contributed by atoms with E-state index in [2.05, 4.69) is 10.2 Å². The summed E-state index contributed by atoms with van der Waals surface area (Å²) in [5.74, 6) is 1.39. The van der Waals surface area contributed by atoms with Crippen LogP contribution in [-0.4, -0.2) is 49.2 Å². The van der Waals surface area contributed by atoms with E-state index in [1.54, 1.807) is 22.5 Å². The molecule has 1 saturated carbocycles. The molecule has 0 unspecified atom stereocenters. The maximum Gasteiger partial charge on any atom is 0.246 e. The number of H-pyrrole nitrogens is 1. The average Bonchev–Trinajstić information content (AvgIpc) is 3.46. The predicted molar refractivity (Wildman–Crippen MR) is 94.2 cm³/mol. The SMILES string of the molecule is O=S(=O)(c1cccc2c1OCCO2)N1CCc2[nH]nc(C3CC3)c2CC1. The summed E-state index contributed by atoms with van der Waals surface area (Å²) in [5, 5.41) is 7.61. The summed E-state index contributed by atoms with van der Waals surface area (Å²) in [5.41, 5.74) is 3.45. The number of aromatic amines is 1. The Morgan fingerprint density at radius 2 is 1.92 bits per heavy atom. The van der Waals surface area contributed by atoms with E-state index < -0.39 is 10.0 Å². The summed E-state index contributed by atoms with van der Waals surface area (Å²) < 4.78 is 39.3. The molecule has 1 aromatic heterocycles. The zero-order chi connectivity index (χ0) is 17.7. The molecule has 138 valence electrons. The van der Waals surface area contributed by atoms with Gasteiger partial charge in [-0.25, -0.2) is 8.42 Å². The fourth-order valence-corrected chi connectivity index (χ4v) is 5.40. The Morgan fingerprint density at radius 1 is 1.12 bits per heavy atom. The second kappa shape index (κ2) is 5.99. The maximum absolute atomic E-state index is 13.3. The average molecular weight is 375 g/mol. The molecule has 2 aliphatic heterocycles. The Kier molecular flexibility index (Phi) is 3.72. The Labute approximate surface area is 152 Å². The second-order valence-corrected chi connectivity index (χ2v) is 8.93. The van der Waals surface area contributed by atoms with Crippen LogP contribution in [0.2, 0.25) is 0 Å². The number of rotatable bonds is 3. The van der Waals surface area contributed by atoms with Crippen molar-refractivity contribution in [2.75, 3.05) is 26.3 Å². The molecule has 0 amide bonds. The monoisotopic (exact) mass is 375 g/mol. The van der Waals surface area contributed by atoms with Gasteiger partial charge in [-0.05, 0) is 37.0 Å². The first-order valence-corrected chi connectivity index (χ1v) is 10.5. The smallest absolute Gasteiger partial charge is 0.246 e. The lowest BCUT2D eigenvalue weighted by atomic mass is 10.1. The number of nitrogens with zero attached hydrogens (tertiary/aromatic N) is 2. The highest BCUT2D eigenvalue weighted by molar-refractivity contribution is 7.89. The minimum Gasteiger partial charge on any atom is -0.486 e. The van der Waals surface area contributed by atoms with Gasteiger partial charge in [-0.3, -0.25) is 5.10 Å². The molecule has 26 heavy (non-hydrogen) atoms. The molecule has 1 aliphatic carbocycles. The molecule has 2 aromatic rings. The zero-order valence-electron chi connectivity index (χ0n) is 14.4. The van der Waals surface area contributed by atoms with Crippen molar-refractivity contribution in [1.82, 2.24) is 14.5 Å². The van der Waals surface area contributed by atoms with Crippen molar-refractivity contribution in [1.29, 1.82) is 0 Å². The molecule has 1 aromatic carbocycles. The molecule has 3 aliphatic rings. The number of nitrogens with one attached hydrogen (secondary N) is 1. The Bertz CT molecular complexity index is 949. The zero-order valence-corrected chi connectivity index (χ0v) is 15.2. The van der Waals surface area contributed by atoms with Crippen molar-refractivity contribution in [2.24, 2.45) is 0 Å². The van der Waals surface area contributed by atoms with Crippen LogP contribution in [0.1, 0.15) is 35.7 Å². The number of hydrogen-bond donors (Lipinski definition) is 1. The molecular weight excluding hydrogens is 354 g/mol. The molecule has 0 spiro atoms. The predicted octanol–water partition coefficient (Wildman–Crippen LogP) is 1.85. The van der Waals surface area contributed by atoms with Crippen molar-refractivity contribution in [3.8, 4) is 11.5 Å². The van der Waals surface area contributed by atoms with Crippen LogP contribution in [0.5, 0.6) is 11.5 Å². The Balaban J connectivity index is 1.45. The van der Waals surface area contributed by atoms with E-state index in [1.165, 1.54) is 18.4 Å². The lowest BCUT2D eigenvalue weighted by molar-refractivity contribution is 0.166. The molecule has 3 heterocycles. The van der Waals surface area contributed by atoms with Crippen molar-refractivity contribution in [3.63, 3.8) is 0 Å². The maximum atomic E-state index is 13.3. The number of sulfonamides is 1. The Morgan fingerprint density at radius 3 is 2.77 bits per heavy atom. The van der Waals surface area contributed by atoms with Crippen molar-refractivity contribution >= 4 is 10.0 Å². The molecule has 0 bridgehead atoms. The van der Waals surface area contributed by atoms with Gasteiger partial charge in [0.05, 0.1) is 5.69 Å². The van der Waals surface area contributed by atoms with Crippen LogP contribution >= 0.6 is 0 Å². The highest BCUT2D eigenvalue weighted by Crippen LogP contribution is 2.42. The van der Waals surface area contributed by atoms with Crippen molar-refractivity contribution in [2.45, 2.75) is 36.5 Å². The number of benzene rings is 1. The van der Waals surface area contributed by atoms with Gasteiger partial charge in [-0.2, -0.15) is 9.40 Å². The number of aromatic nitrogens is 2. The van der Waals surface area contributed by atoms with E-state index >= 15 is 0 Å². The standard InChI is InChI=1S/C18H21N3O4S/c22-26(23,16-3-1-2-15-18(16)25-11-10-24-15)21-8-6-13-14(7-9-21)19-20-17(13)12-4-5-12/h1-3,12H,4-11H2,(H,19,20). The first kappa shape index (κ1) is 16.1. The lowest BCUT2D eigenvalue weighted by Crippen LogP contribution is -2.34. The van der Waals surface area contributed by atoms with Gasteiger partial charge in [0.25, 0.3) is 0 Å². The van der Waals surface area contributed by atoms with E-state index in [0.717, 1.165) is 11.4 Å². The third kappa shape index (κ3) is 2.59. The summed E-state index contributed by atoms with van der Waals surface area (Å²) in [6.07, 6.45) is 3.73. The van der Waals surface area contributed by atoms with Crippen LogP contribution in [0.25, 0.3) is 0 Å². The van der Waals surface area contributed by atoms with Gasteiger partial charge in [-0.1, -0.05) is 6.07 Å². The molecule has 7 nitrogen and oxygen atoms in total. The summed E-state index contributed by atoms with van der Waals surface area (Å²) >= 11 is 0. The second-order valence-electron chi connectivity index (χ2n) is 7.02. The molecule has 0 atom stereocenters. The van der Waals surface area contributed by atoms with Gasteiger partial charge >= 0.3 is 0 Å². The van der Waals surface area contributed by atoms with Gasteiger partial charge in [-0.15, -0.1) is 0 Å². The first-order chi connectivity index (χ1) is 12.6. The van der Waals surface area contributed by atoms with Crippen LogP contribution in [0.15, 0.2) is 23.1 Å². The molecule has 5 rings (SSSR count). The van der Waals surface area contributed by atoms with E-state index in [4.69, 9.17) is 9.47 Å². The summed E-state index contributed by atoms with van der Waals surface area (Å²) in [4.78, 5) is 0.195. The molecule has 8 heteroatoms. The summed E-state index contributed by atoms with van der Waals surface area (Å²) in [7, 11) is -3.65.